The van der Waals surface area contributed by atoms with Gasteiger partial charge >= 0.3 is 5.97 Å². The van der Waals surface area contributed by atoms with Crippen LogP contribution in [0.3, 0.4) is 0 Å². The first kappa shape index (κ1) is 16.0. The van der Waals surface area contributed by atoms with E-state index in [1.54, 1.807) is 25.1 Å². The van der Waals surface area contributed by atoms with E-state index in [9.17, 15) is 9.90 Å². The smallest absolute Gasteiger partial charge is 0.337 e. The molecule has 0 aliphatic carbocycles. The minimum atomic E-state index is -1.01. The number of benzene rings is 2. The van der Waals surface area contributed by atoms with Crippen molar-refractivity contribution in [3.05, 3.63) is 76.9 Å². The molecule has 1 N–H and O–H groups in total. The van der Waals surface area contributed by atoms with E-state index in [4.69, 9.17) is 4.74 Å². The maximum absolute atomic E-state index is 12.2. The molecule has 22 heavy (non-hydrogen) atoms. The first-order chi connectivity index (χ1) is 10.6. The van der Waals surface area contributed by atoms with Gasteiger partial charge < -0.3 is 9.84 Å². The van der Waals surface area contributed by atoms with Crippen LogP contribution in [0.1, 0.15) is 29.7 Å². The molecule has 0 fully saturated rings. The highest BCUT2D eigenvalue weighted by Gasteiger charge is 2.21. The quantitative estimate of drug-likeness (QED) is 0.676. The zero-order chi connectivity index (χ0) is 15.9. The normalized spacial score (nSPS) is 12.8. The van der Waals surface area contributed by atoms with Gasteiger partial charge in [0.25, 0.3) is 0 Å². The van der Waals surface area contributed by atoms with Crippen LogP contribution >= 0.6 is 0 Å². The number of hydrogen-bond donors (Lipinski definition) is 1. The Kier molecular flexibility index (Phi) is 5.50. The monoisotopic (exact) mass is 296 g/mol. The molecule has 0 aliphatic heterocycles. The van der Waals surface area contributed by atoms with E-state index in [0.29, 0.717) is 5.56 Å². The van der Waals surface area contributed by atoms with Gasteiger partial charge in [0.15, 0.2) is 0 Å². The highest BCUT2D eigenvalue weighted by atomic mass is 16.5. The third-order valence-electron chi connectivity index (χ3n) is 3.42. The summed E-state index contributed by atoms with van der Waals surface area (Å²) in [4.78, 5) is 12.2. The molecule has 0 aromatic heterocycles. The first-order valence-electron chi connectivity index (χ1n) is 7.30. The molecular formula is C19H20O3. The highest BCUT2D eigenvalue weighted by molar-refractivity contribution is 5.95. The molecule has 0 amide bonds. The molecule has 1 unspecified atom stereocenters. The van der Waals surface area contributed by atoms with Crippen LogP contribution in [-0.4, -0.2) is 17.7 Å². The Bertz CT molecular complexity index is 659. The van der Waals surface area contributed by atoms with Crippen molar-refractivity contribution < 1.29 is 14.6 Å². The van der Waals surface area contributed by atoms with Crippen molar-refractivity contribution in [3.8, 4) is 0 Å². The summed E-state index contributed by atoms with van der Waals surface area (Å²) in [5, 5.41) is 10.6. The Hall–Kier alpha value is -2.39. The van der Waals surface area contributed by atoms with E-state index in [0.717, 1.165) is 11.1 Å². The third-order valence-corrected chi connectivity index (χ3v) is 3.42. The maximum Gasteiger partial charge on any atom is 0.337 e. The van der Waals surface area contributed by atoms with Crippen LogP contribution in [0.25, 0.3) is 6.08 Å². The van der Waals surface area contributed by atoms with Crippen molar-refractivity contribution in [2.75, 3.05) is 6.61 Å². The number of carbonyl (C=O) groups excluding carboxylic acids is 1. The topological polar surface area (TPSA) is 46.5 Å². The molecular weight excluding hydrogens is 276 g/mol. The lowest BCUT2D eigenvalue weighted by atomic mass is 9.98. The molecule has 2 rings (SSSR count). The Morgan fingerprint density at radius 1 is 1.14 bits per heavy atom. The Balaban J connectivity index is 2.43. The second kappa shape index (κ2) is 7.57. The number of esters is 1. The molecule has 0 bridgehead atoms. The molecule has 0 aliphatic rings. The summed E-state index contributed by atoms with van der Waals surface area (Å²) in [6.07, 6.45) is 0.685. The van der Waals surface area contributed by atoms with Crippen LogP contribution in [0.5, 0.6) is 0 Å². The highest BCUT2D eigenvalue weighted by Crippen LogP contribution is 2.25. The van der Waals surface area contributed by atoms with E-state index in [1.165, 1.54) is 0 Å². The molecule has 2 aromatic carbocycles. The molecule has 1 atom stereocenters. The van der Waals surface area contributed by atoms with E-state index in [1.807, 2.05) is 49.4 Å². The van der Waals surface area contributed by atoms with Crippen LogP contribution in [-0.2, 0) is 9.53 Å². The number of ether oxygens (including phenoxy) is 1. The van der Waals surface area contributed by atoms with E-state index in [-0.39, 0.29) is 12.2 Å². The number of rotatable bonds is 5. The average molecular weight is 296 g/mol. The lowest BCUT2D eigenvalue weighted by Gasteiger charge is -2.15. The van der Waals surface area contributed by atoms with Gasteiger partial charge in [-0.3, -0.25) is 0 Å². The van der Waals surface area contributed by atoms with Crippen LogP contribution in [0.15, 0.2) is 60.2 Å². The summed E-state index contributed by atoms with van der Waals surface area (Å²) in [6.45, 7) is 3.98. The van der Waals surface area contributed by atoms with Crippen LogP contribution in [0.2, 0.25) is 0 Å². The first-order valence-corrected chi connectivity index (χ1v) is 7.30. The van der Waals surface area contributed by atoms with E-state index >= 15 is 0 Å². The van der Waals surface area contributed by atoms with Gasteiger partial charge in [-0.05, 0) is 36.6 Å². The van der Waals surface area contributed by atoms with Crippen molar-refractivity contribution >= 4 is 12.0 Å². The van der Waals surface area contributed by atoms with Gasteiger partial charge in [-0.2, -0.15) is 0 Å². The third kappa shape index (κ3) is 3.83. The predicted octanol–water partition coefficient (Wildman–Crippen LogP) is 3.68. The van der Waals surface area contributed by atoms with Gasteiger partial charge in [-0.25, -0.2) is 4.79 Å². The molecule has 3 nitrogen and oxygen atoms in total. The molecule has 0 spiro atoms. The average Bonchev–Trinajstić information content (AvgIpc) is 2.54. The minimum absolute atomic E-state index is 0.238. The van der Waals surface area contributed by atoms with Gasteiger partial charge in [-0.1, -0.05) is 54.6 Å². The molecule has 0 heterocycles. The largest absolute Gasteiger partial charge is 0.463 e. The summed E-state index contributed by atoms with van der Waals surface area (Å²) in [5.74, 6) is -0.498. The molecule has 2 aromatic rings. The lowest BCUT2D eigenvalue weighted by molar-refractivity contribution is -0.139. The van der Waals surface area contributed by atoms with E-state index in [2.05, 4.69) is 0 Å². The van der Waals surface area contributed by atoms with Gasteiger partial charge in [0.1, 0.15) is 6.10 Å². The number of carbonyl (C=O) groups is 1. The zero-order valence-electron chi connectivity index (χ0n) is 12.8. The fraction of sp³-hybridized carbons (Fsp3) is 0.211. The van der Waals surface area contributed by atoms with Gasteiger partial charge in [-0.15, -0.1) is 0 Å². The standard InChI is InChI=1S/C19H20O3/c1-3-22-19(21)17(13-16-12-8-7-9-14(16)2)18(20)15-10-5-4-6-11-15/h4-13,18,20H,3H2,1-2H3/b17-13+. The number of hydrogen-bond acceptors (Lipinski definition) is 3. The second-order valence-corrected chi connectivity index (χ2v) is 4.99. The number of aryl methyl sites for hydroxylation is 1. The second-order valence-electron chi connectivity index (χ2n) is 4.99. The molecule has 0 saturated carbocycles. The SMILES string of the molecule is CCOC(=O)/C(=C/c1ccccc1C)C(O)c1ccccc1. The van der Waals surface area contributed by atoms with Gasteiger partial charge in [0, 0.05) is 0 Å². The minimum Gasteiger partial charge on any atom is -0.463 e. The van der Waals surface area contributed by atoms with Crippen molar-refractivity contribution in [2.45, 2.75) is 20.0 Å². The fourth-order valence-electron chi connectivity index (χ4n) is 2.20. The van der Waals surface area contributed by atoms with Crippen LogP contribution in [0, 0.1) is 6.92 Å². The molecule has 0 saturated heterocycles. The van der Waals surface area contributed by atoms with Crippen molar-refractivity contribution in [1.29, 1.82) is 0 Å². The predicted molar refractivity (Wildman–Crippen MR) is 87.2 cm³/mol. The number of aliphatic hydroxyl groups is 1. The lowest BCUT2D eigenvalue weighted by Crippen LogP contribution is -2.14. The summed E-state index contributed by atoms with van der Waals surface area (Å²) in [6, 6.07) is 16.8. The van der Waals surface area contributed by atoms with Gasteiger partial charge in [0.2, 0.25) is 0 Å². The Morgan fingerprint density at radius 2 is 1.77 bits per heavy atom. The maximum atomic E-state index is 12.2. The number of aliphatic hydroxyl groups excluding tert-OH is 1. The van der Waals surface area contributed by atoms with Crippen molar-refractivity contribution in [1.82, 2.24) is 0 Å². The van der Waals surface area contributed by atoms with Gasteiger partial charge in [0.05, 0.1) is 12.2 Å². The van der Waals surface area contributed by atoms with Crippen molar-refractivity contribution in [3.63, 3.8) is 0 Å². The van der Waals surface area contributed by atoms with Crippen molar-refractivity contribution in [2.24, 2.45) is 0 Å². The van der Waals surface area contributed by atoms with E-state index < -0.39 is 12.1 Å². The molecule has 114 valence electrons. The zero-order valence-corrected chi connectivity index (χ0v) is 12.8. The molecule has 3 heteroatoms. The Morgan fingerprint density at radius 3 is 2.41 bits per heavy atom. The summed E-state index contributed by atoms with van der Waals surface area (Å²) >= 11 is 0. The summed E-state index contributed by atoms with van der Waals surface area (Å²) < 4.78 is 5.09. The summed E-state index contributed by atoms with van der Waals surface area (Å²) in [7, 11) is 0. The Labute approximate surface area is 130 Å². The summed E-state index contributed by atoms with van der Waals surface area (Å²) in [5.41, 5.74) is 2.82. The van der Waals surface area contributed by atoms with Crippen LogP contribution < -0.4 is 0 Å². The molecule has 0 radical (unpaired) electrons. The van der Waals surface area contributed by atoms with Crippen LogP contribution in [0.4, 0.5) is 0 Å². The fourth-order valence-corrected chi connectivity index (χ4v) is 2.20.